The third-order valence-corrected chi connectivity index (χ3v) is 0.621. The summed E-state index contributed by atoms with van der Waals surface area (Å²) in [5, 5.41) is 2.35. The summed E-state index contributed by atoms with van der Waals surface area (Å²) >= 11 is 0. The van der Waals surface area contributed by atoms with Gasteiger partial charge in [0.15, 0.2) is 0 Å². The predicted molar refractivity (Wildman–Crippen MR) is 20.0 cm³/mol. The van der Waals surface area contributed by atoms with E-state index < -0.39 is 6.23 Å². The highest BCUT2D eigenvalue weighted by Crippen LogP contribution is 1.99. The van der Waals surface area contributed by atoms with Gasteiger partial charge in [-0.25, -0.2) is 9.78 Å². The largest absolute Gasteiger partial charge is 0.316 e. The van der Waals surface area contributed by atoms with Gasteiger partial charge in [-0.15, -0.1) is 0 Å². The highest BCUT2D eigenvalue weighted by molar-refractivity contribution is 5.94. The van der Waals surface area contributed by atoms with Crippen LogP contribution in [-0.2, 0) is 14.6 Å². The van der Waals surface area contributed by atoms with Gasteiger partial charge in [-0.05, 0) is 0 Å². The number of carbonyl (C=O) groups excluding carboxylic acids is 1. The molecule has 0 spiro atoms. The van der Waals surface area contributed by atoms with Crippen LogP contribution in [0.2, 0.25) is 0 Å². The topological polar surface area (TPSA) is 57.5 Å². The van der Waals surface area contributed by atoms with E-state index in [0.29, 0.717) is 0 Å². The van der Waals surface area contributed by atoms with E-state index in [0.717, 1.165) is 0 Å². The van der Waals surface area contributed by atoms with Crippen LogP contribution in [0.1, 0.15) is 0 Å². The van der Waals surface area contributed by atoms with Crippen molar-refractivity contribution in [2.75, 3.05) is 7.11 Å². The second-order valence-corrected chi connectivity index (χ2v) is 1.15. The quantitative estimate of drug-likeness (QED) is 0.277. The molecular formula is C3H5NO3. The Balaban J connectivity index is 2.09. The normalized spacial score (nSPS) is 27.0. The smallest absolute Gasteiger partial charge is 0.275 e. The molecule has 1 N–H and O–H groups in total. The Bertz CT molecular complexity index is 92.2. The highest BCUT2D eigenvalue weighted by atomic mass is 17.2. The fourth-order valence-electron chi connectivity index (χ4n) is 0.252. The molecule has 1 aliphatic heterocycles. The van der Waals surface area contributed by atoms with Gasteiger partial charge in [-0.3, -0.25) is 4.79 Å². The molecule has 1 fully saturated rings. The lowest BCUT2D eigenvalue weighted by Gasteiger charge is -1.85. The van der Waals surface area contributed by atoms with Crippen LogP contribution in [0.25, 0.3) is 0 Å². The van der Waals surface area contributed by atoms with Crippen molar-refractivity contribution in [2.24, 2.45) is 0 Å². The molecule has 0 aromatic carbocycles. The zero-order chi connectivity index (χ0) is 5.28. The standard InChI is InChI=1S/C3H5NO3/c1-6-7-3-2(5)4-3/h3H,1H3,(H,4,5). The fraction of sp³-hybridized carbons (Fsp3) is 0.667. The van der Waals surface area contributed by atoms with Crippen molar-refractivity contribution in [1.82, 2.24) is 5.32 Å². The molecule has 4 heteroatoms. The summed E-state index contributed by atoms with van der Waals surface area (Å²) in [6, 6.07) is 0. The maximum Gasteiger partial charge on any atom is 0.275 e. The Hall–Kier alpha value is -0.610. The Labute approximate surface area is 40.3 Å². The first-order chi connectivity index (χ1) is 3.34. The Morgan fingerprint density at radius 3 is 2.57 bits per heavy atom. The molecule has 1 rings (SSSR count). The average Bonchev–Trinajstić information content (AvgIpc) is 2.22. The van der Waals surface area contributed by atoms with E-state index >= 15 is 0 Å². The third kappa shape index (κ3) is 0.880. The summed E-state index contributed by atoms with van der Waals surface area (Å²) in [7, 11) is 1.35. The lowest BCUT2D eigenvalue weighted by atomic mass is 10.9. The first-order valence-electron chi connectivity index (χ1n) is 1.84. The molecule has 1 saturated heterocycles. The van der Waals surface area contributed by atoms with E-state index in [1.807, 2.05) is 0 Å². The van der Waals surface area contributed by atoms with Crippen LogP contribution in [0.15, 0.2) is 0 Å². The van der Waals surface area contributed by atoms with Crippen LogP contribution in [-0.4, -0.2) is 19.2 Å². The lowest BCUT2D eigenvalue weighted by molar-refractivity contribution is -0.281. The zero-order valence-corrected chi connectivity index (χ0v) is 3.80. The maximum atomic E-state index is 9.96. The van der Waals surface area contributed by atoms with Gasteiger partial charge in [0.1, 0.15) is 0 Å². The van der Waals surface area contributed by atoms with Crippen molar-refractivity contribution in [1.29, 1.82) is 0 Å². The molecule has 1 atom stereocenters. The van der Waals surface area contributed by atoms with Gasteiger partial charge >= 0.3 is 0 Å². The van der Waals surface area contributed by atoms with Crippen molar-refractivity contribution in [3.8, 4) is 0 Å². The molecule has 1 unspecified atom stereocenters. The summed E-state index contributed by atoms with van der Waals surface area (Å²) < 4.78 is 0. The van der Waals surface area contributed by atoms with E-state index in [1.54, 1.807) is 0 Å². The summed E-state index contributed by atoms with van der Waals surface area (Å²) in [5.74, 6) is -0.123. The number of rotatable bonds is 2. The minimum atomic E-state index is -0.495. The Morgan fingerprint density at radius 2 is 2.43 bits per heavy atom. The Morgan fingerprint density at radius 1 is 1.86 bits per heavy atom. The number of hydrogen-bond acceptors (Lipinski definition) is 3. The summed E-state index contributed by atoms with van der Waals surface area (Å²) in [6.45, 7) is 0. The van der Waals surface area contributed by atoms with Gasteiger partial charge in [0.25, 0.3) is 5.91 Å². The van der Waals surface area contributed by atoms with Gasteiger partial charge < -0.3 is 5.32 Å². The van der Waals surface area contributed by atoms with Crippen LogP contribution in [0.5, 0.6) is 0 Å². The van der Waals surface area contributed by atoms with Crippen LogP contribution in [0.4, 0.5) is 0 Å². The van der Waals surface area contributed by atoms with E-state index in [2.05, 4.69) is 15.1 Å². The van der Waals surface area contributed by atoms with Crippen LogP contribution >= 0.6 is 0 Å². The van der Waals surface area contributed by atoms with Crippen molar-refractivity contribution >= 4 is 5.91 Å². The van der Waals surface area contributed by atoms with Gasteiger partial charge in [-0.2, -0.15) is 0 Å². The first kappa shape index (κ1) is 4.55. The van der Waals surface area contributed by atoms with Crippen molar-refractivity contribution < 1.29 is 14.6 Å². The molecule has 0 aromatic rings. The Kier molecular flexibility index (Phi) is 0.958. The highest BCUT2D eigenvalue weighted by Gasteiger charge is 2.35. The van der Waals surface area contributed by atoms with Crippen molar-refractivity contribution in [2.45, 2.75) is 6.23 Å². The first-order valence-corrected chi connectivity index (χ1v) is 1.84. The second-order valence-electron chi connectivity index (χ2n) is 1.15. The molecule has 0 saturated carbocycles. The van der Waals surface area contributed by atoms with E-state index in [1.165, 1.54) is 7.11 Å². The SMILES string of the molecule is COOC1NC1=O. The number of nitrogens with one attached hydrogen (secondary N) is 1. The molecule has 1 heterocycles. The molecule has 0 bridgehead atoms. The van der Waals surface area contributed by atoms with Crippen molar-refractivity contribution in [3.05, 3.63) is 0 Å². The van der Waals surface area contributed by atoms with Gasteiger partial charge in [0.2, 0.25) is 6.23 Å². The number of hydrogen-bond donors (Lipinski definition) is 1. The fourth-order valence-corrected chi connectivity index (χ4v) is 0.252. The molecule has 0 aromatic heterocycles. The minimum Gasteiger partial charge on any atom is -0.316 e. The lowest BCUT2D eigenvalue weighted by Crippen LogP contribution is -1.96. The number of amides is 1. The van der Waals surface area contributed by atoms with E-state index in [-0.39, 0.29) is 5.91 Å². The minimum absolute atomic E-state index is 0.123. The molecule has 1 aliphatic rings. The molecule has 7 heavy (non-hydrogen) atoms. The van der Waals surface area contributed by atoms with E-state index in [9.17, 15) is 4.79 Å². The van der Waals surface area contributed by atoms with Gasteiger partial charge in [0, 0.05) is 0 Å². The zero-order valence-electron chi connectivity index (χ0n) is 3.80. The second kappa shape index (κ2) is 1.48. The van der Waals surface area contributed by atoms with Gasteiger partial charge in [-0.1, -0.05) is 0 Å². The molecular weight excluding hydrogens is 98.0 g/mol. The maximum absolute atomic E-state index is 9.96. The van der Waals surface area contributed by atoms with Crippen LogP contribution < -0.4 is 5.32 Å². The molecule has 0 radical (unpaired) electrons. The summed E-state index contributed by atoms with van der Waals surface area (Å²) in [6.07, 6.45) is -0.495. The van der Waals surface area contributed by atoms with Crippen LogP contribution in [0.3, 0.4) is 0 Å². The summed E-state index contributed by atoms with van der Waals surface area (Å²) in [4.78, 5) is 18.4. The molecule has 4 nitrogen and oxygen atoms in total. The third-order valence-electron chi connectivity index (χ3n) is 0.621. The van der Waals surface area contributed by atoms with Crippen molar-refractivity contribution in [3.63, 3.8) is 0 Å². The monoisotopic (exact) mass is 103 g/mol. The predicted octanol–water partition coefficient (Wildman–Crippen LogP) is -0.980. The molecule has 40 valence electrons. The average molecular weight is 103 g/mol. The van der Waals surface area contributed by atoms with Gasteiger partial charge in [0.05, 0.1) is 7.11 Å². The summed E-state index contributed by atoms with van der Waals surface area (Å²) in [5.41, 5.74) is 0. The van der Waals surface area contributed by atoms with Crippen LogP contribution in [0, 0.1) is 0 Å². The van der Waals surface area contributed by atoms with E-state index in [4.69, 9.17) is 0 Å². The molecule has 0 aliphatic carbocycles. The molecule has 1 amide bonds. The number of carbonyl (C=O) groups is 1.